The van der Waals surface area contributed by atoms with Gasteiger partial charge in [-0.2, -0.15) is 0 Å². The van der Waals surface area contributed by atoms with Crippen LogP contribution in [0.3, 0.4) is 0 Å². The van der Waals surface area contributed by atoms with Crippen molar-refractivity contribution < 1.29 is 4.74 Å². The number of benzene rings is 2. The molecule has 3 rings (SSSR count). The van der Waals surface area contributed by atoms with E-state index in [0.29, 0.717) is 5.90 Å². The van der Waals surface area contributed by atoms with Crippen molar-refractivity contribution in [3.05, 3.63) is 71.8 Å². The fraction of sp³-hybridized carbons (Fsp3) is 0.167. The second kappa shape index (κ2) is 5.74. The van der Waals surface area contributed by atoms with Gasteiger partial charge in [-0.1, -0.05) is 49.7 Å². The zero-order chi connectivity index (χ0) is 13.8. The summed E-state index contributed by atoms with van der Waals surface area (Å²) in [7, 11) is 0. The van der Waals surface area contributed by atoms with Crippen molar-refractivity contribution in [3.8, 4) is 0 Å². The van der Waals surface area contributed by atoms with Gasteiger partial charge in [0.2, 0.25) is 5.90 Å². The third-order valence-corrected chi connectivity index (χ3v) is 3.23. The number of aliphatic imine (C=N–C) groups is 1. The maximum absolute atomic E-state index is 5.95. The second-order valence-corrected chi connectivity index (χ2v) is 4.76. The smallest absolute Gasteiger partial charge is 0.227 e. The number of ether oxygens (including phenoxy) is 1. The largest absolute Gasteiger partial charge is 0.438 e. The fourth-order valence-electron chi connectivity index (χ4n) is 2.23. The van der Waals surface area contributed by atoms with E-state index in [-0.39, 0.29) is 0 Å². The highest BCUT2D eigenvalue weighted by Gasteiger charge is 2.23. The van der Waals surface area contributed by atoms with Gasteiger partial charge in [0.15, 0.2) is 0 Å². The van der Waals surface area contributed by atoms with Crippen molar-refractivity contribution in [1.29, 1.82) is 0 Å². The molecule has 2 aromatic rings. The summed E-state index contributed by atoms with van der Waals surface area (Å²) in [6.07, 6.45) is 4.27. The molecule has 0 fully saturated rings. The molecule has 20 heavy (non-hydrogen) atoms. The summed E-state index contributed by atoms with van der Waals surface area (Å²) in [5.41, 5.74) is 3.11. The number of unbranched alkanes of at least 4 members (excludes halogenated alkanes) is 1. The molecule has 0 aliphatic carbocycles. The van der Waals surface area contributed by atoms with E-state index >= 15 is 0 Å². The molecule has 0 saturated heterocycles. The lowest BCUT2D eigenvalue weighted by Gasteiger charge is -2.00. The van der Waals surface area contributed by atoms with Crippen molar-refractivity contribution in [1.82, 2.24) is 0 Å². The molecule has 0 N–H and O–H groups in total. The quantitative estimate of drug-likeness (QED) is 0.769. The van der Waals surface area contributed by atoms with E-state index in [0.717, 1.165) is 35.4 Å². The average Bonchev–Trinajstić information content (AvgIpc) is 2.85. The molecule has 0 radical (unpaired) electrons. The van der Waals surface area contributed by atoms with Gasteiger partial charge in [-0.25, -0.2) is 4.99 Å². The van der Waals surface area contributed by atoms with E-state index in [1.54, 1.807) is 0 Å². The number of fused-ring (bicyclic) bond motifs is 1. The number of nitrogens with zero attached hydrogens (tertiary/aromatic N) is 1. The Kier molecular flexibility index (Phi) is 3.64. The third kappa shape index (κ3) is 2.50. The highest BCUT2D eigenvalue weighted by Crippen LogP contribution is 2.31. The van der Waals surface area contributed by atoms with Crippen LogP contribution in [0.2, 0.25) is 0 Å². The Balaban J connectivity index is 2.01. The minimum absolute atomic E-state index is 0.689. The van der Waals surface area contributed by atoms with Gasteiger partial charge in [-0.3, -0.25) is 0 Å². The van der Waals surface area contributed by atoms with Crippen molar-refractivity contribution in [2.24, 2.45) is 4.99 Å². The summed E-state index contributed by atoms with van der Waals surface area (Å²) >= 11 is 0. The van der Waals surface area contributed by atoms with Gasteiger partial charge in [0.25, 0.3) is 0 Å². The first-order chi connectivity index (χ1) is 9.88. The maximum atomic E-state index is 5.95. The molecule has 0 aromatic heterocycles. The minimum Gasteiger partial charge on any atom is -0.438 e. The van der Waals surface area contributed by atoms with Crippen LogP contribution in [0, 0.1) is 0 Å². The van der Waals surface area contributed by atoms with Gasteiger partial charge in [-0.15, -0.1) is 0 Å². The Labute approximate surface area is 119 Å². The van der Waals surface area contributed by atoms with Crippen molar-refractivity contribution in [2.75, 3.05) is 0 Å². The Morgan fingerprint density at radius 3 is 2.40 bits per heavy atom. The predicted octanol–water partition coefficient (Wildman–Crippen LogP) is 4.94. The van der Waals surface area contributed by atoms with Crippen LogP contribution >= 0.6 is 0 Å². The van der Waals surface area contributed by atoms with Gasteiger partial charge in [0.05, 0.1) is 5.69 Å². The Morgan fingerprint density at radius 1 is 0.950 bits per heavy atom. The first-order valence-corrected chi connectivity index (χ1v) is 7.00. The highest BCUT2D eigenvalue weighted by molar-refractivity contribution is 6.07. The average molecular weight is 263 g/mol. The monoisotopic (exact) mass is 263 g/mol. The molecule has 2 nitrogen and oxygen atoms in total. The van der Waals surface area contributed by atoms with Gasteiger partial charge in [-0.05, 0) is 30.7 Å². The van der Waals surface area contributed by atoms with Crippen LogP contribution in [0.15, 0.2) is 65.7 Å². The molecule has 2 heteroatoms. The zero-order valence-electron chi connectivity index (χ0n) is 11.5. The molecule has 0 spiro atoms. The van der Waals surface area contributed by atoms with Crippen molar-refractivity contribution >= 4 is 17.3 Å². The van der Waals surface area contributed by atoms with Crippen molar-refractivity contribution in [3.63, 3.8) is 0 Å². The summed E-state index contributed by atoms with van der Waals surface area (Å²) in [5, 5.41) is 0. The zero-order valence-corrected chi connectivity index (χ0v) is 11.5. The van der Waals surface area contributed by atoms with Crippen LogP contribution < -0.4 is 0 Å². The molecule has 100 valence electrons. The molecule has 0 amide bonds. The lowest BCUT2D eigenvalue weighted by Crippen LogP contribution is -1.95. The van der Waals surface area contributed by atoms with Crippen LogP contribution in [-0.4, -0.2) is 5.90 Å². The maximum Gasteiger partial charge on any atom is 0.227 e. The number of hydrogen-bond acceptors (Lipinski definition) is 2. The topological polar surface area (TPSA) is 21.6 Å². The molecule has 1 aliphatic heterocycles. The molecular weight excluding hydrogens is 246 g/mol. The molecule has 0 atom stereocenters. The minimum atomic E-state index is 0.689. The van der Waals surface area contributed by atoms with Gasteiger partial charge in [0.1, 0.15) is 5.76 Å². The van der Waals surface area contributed by atoms with Gasteiger partial charge >= 0.3 is 0 Å². The van der Waals surface area contributed by atoms with Crippen LogP contribution in [0.1, 0.15) is 30.9 Å². The lowest BCUT2D eigenvalue weighted by atomic mass is 10.1. The lowest BCUT2D eigenvalue weighted by molar-refractivity contribution is 0.523. The molecule has 0 unspecified atom stereocenters. The number of para-hydroxylation sites is 1. The standard InChI is InChI=1S/C18H17NO/c1-2-3-13-17-15-11-7-8-12-16(15)18(20-17)19-14-9-5-4-6-10-14/h4-13H,2-3H2,1H3/b17-13-,19-18?. The normalized spacial score (nSPS) is 17.2. The summed E-state index contributed by atoms with van der Waals surface area (Å²) in [6.45, 7) is 2.16. The molecule has 0 bridgehead atoms. The molecule has 0 saturated carbocycles. The highest BCUT2D eigenvalue weighted by atomic mass is 16.5. The predicted molar refractivity (Wildman–Crippen MR) is 83.1 cm³/mol. The third-order valence-electron chi connectivity index (χ3n) is 3.23. The summed E-state index contributed by atoms with van der Waals surface area (Å²) < 4.78 is 5.95. The first kappa shape index (κ1) is 12.7. The number of hydrogen-bond donors (Lipinski definition) is 0. The number of allylic oxidation sites excluding steroid dienone is 1. The summed E-state index contributed by atoms with van der Waals surface area (Å²) in [4.78, 5) is 4.61. The fourth-order valence-corrected chi connectivity index (χ4v) is 2.23. The van der Waals surface area contributed by atoms with E-state index in [1.165, 1.54) is 0 Å². The van der Waals surface area contributed by atoms with Crippen LogP contribution in [0.4, 0.5) is 5.69 Å². The van der Waals surface area contributed by atoms with Crippen LogP contribution in [-0.2, 0) is 4.74 Å². The summed E-state index contributed by atoms with van der Waals surface area (Å²) in [5.74, 6) is 1.62. The molecule has 1 aliphatic rings. The van der Waals surface area contributed by atoms with E-state index in [9.17, 15) is 0 Å². The Hall–Kier alpha value is -2.35. The summed E-state index contributed by atoms with van der Waals surface area (Å²) in [6, 6.07) is 18.1. The second-order valence-electron chi connectivity index (χ2n) is 4.76. The molecule has 2 aromatic carbocycles. The number of rotatable bonds is 3. The van der Waals surface area contributed by atoms with E-state index in [4.69, 9.17) is 4.74 Å². The van der Waals surface area contributed by atoms with E-state index in [2.05, 4.69) is 30.1 Å². The molecule has 1 heterocycles. The van der Waals surface area contributed by atoms with E-state index in [1.807, 2.05) is 42.5 Å². The first-order valence-electron chi connectivity index (χ1n) is 7.00. The van der Waals surface area contributed by atoms with E-state index < -0.39 is 0 Å². The van der Waals surface area contributed by atoms with Crippen LogP contribution in [0.5, 0.6) is 0 Å². The van der Waals surface area contributed by atoms with Crippen molar-refractivity contribution in [2.45, 2.75) is 19.8 Å². The van der Waals surface area contributed by atoms with Gasteiger partial charge in [0, 0.05) is 11.1 Å². The SMILES string of the molecule is CCC/C=C1\OC(=Nc2ccccc2)c2ccccc21. The Morgan fingerprint density at radius 2 is 1.65 bits per heavy atom. The van der Waals surface area contributed by atoms with Gasteiger partial charge < -0.3 is 4.74 Å². The van der Waals surface area contributed by atoms with Crippen LogP contribution in [0.25, 0.3) is 5.76 Å². The Bertz CT molecular complexity index is 656. The molecular formula is C18H17NO.